The maximum absolute atomic E-state index is 13.0. The predicted molar refractivity (Wildman–Crippen MR) is 91.6 cm³/mol. The summed E-state index contributed by atoms with van der Waals surface area (Å²) in [5.74, 6) is 0. The Kier molecular flexibility index (Phi) is 3.73. The van der Waals surface area contributed by atoms with E-state index in [1.165, 1.54) is 10.8 Å². The SMILES string of the molecule is O=c1c2nn(CC(F)F)cc2c2ccc(Cl)cc2n1-c1cccnc1. The summed E-state index contributed by atoms with van der Waals surface area (Å²) in [7, 11) is 0. The Morgan fingerprint density at radius 3 is 2.76 bits per heavy atom. The molecule has 3 aromatic heterocycles. The van der Waals surface area contributed by atoms with Crippen LogP contribution in [0.2, 0.25) is 5.02 Å². The van der Waals surface area contributed by atoms with Gasteiger partial charge in [0.1, 0.15) is 6.54 Å². The van der Waals surface area contributed by atoms with Gasteiger partial charge in [0.2, 0.25) is 0 Å². The van der Waals surface area contributed by atoms with Gasteiger partial charge < -0.3 is 0 Å². The molecule has 0 unspecified atom stereocenters. The number of halogens is 3. The first-order valence-electron chi connectivity index (χ1n) is 7.44. The number of rotatable bonds is 3. The van der Waals surface area contributed by atoms with Crippen molar-refractivity contribution in [3.05, 3.63) is 64.3 Å². The first-order chi connectivity index (χ1) is 12.0. The number of alkyl halides is 2. The van der Waals surface area contributed by atoms with Crippen LogP contribution in [-0.4, -0.2) is 25.8 Å². The average Bonchev–Trinajstić information content (AvgIpc) is 2.99. The van der Waals surface area contributed by atoms with E-state index in [1.807, 2.05) is 0 Å². The van der Waals surface area contributed by atoms with Crippen molar-refractivity contribution >= 4 is 33.4 Å². The highest BCUT2D eigenvalue weighted by molar-refractivity contribution is 6.31. The van der Waals surface area contributed by atoms with Crippen LogP contribution in [0.5, 0.6) is 0 Å². The summed E-state index contributed by atoms with van der Waals surface area (Å²) in [6.07, 6.45) is 2.05. The number of aromatic nitrogens is 4. The van der Waals surface area contributed by atoms with Gasteiger partial charge in [0.15, 0.2) is 5.52 Å². The lowest BCUT2D eigenvalue weighted by molar-refractivity contribution is 0.122. The Morgan fingerprint density at radius 2 is 2.04 bits per heavy atom. The summed E-state index contributed by atoms with van der Waals surface area (Å²) in [6.45, 7) is -0.573. The highest BCUT2D eigenvalue weighted by atomic mass is 35.5. The van der Waals surface area contributed by atoms with E-state index in [-0.39, 0.29) is 5.52 Å². The van der Waals surface area contributed by atoms with E-state index in [1.54, 1.807) is 42.7 Å². The van der Waals surface area contributed by atoms with E-state index in [0.717, 1.165) is 4.68 Å². The van der Waals surface area contributed by atoms with E-state index in [4.69, 9.17) is 11.6 Å². The lowest BCUT2D eigenvalue weighted by Gasteiger charge is -2.10. The van der Waals surface area contributed by atoms with Gasteiger partial charge in [0.25, 0.3) is 12.0 Å². The molecule has 126 valence electrons. The zero-order valence-corrected chi connectivity index (χ0v) is 13.5. The molecule has 25 heavy (non-hydrogen) atoms. The minimum atomic E-state index is -2.56. The summed E-state index contributed by atoms with van der Waals surface area (Å²) >= 11 is 6.10. The third-order valence-electron chi connectivity index (χ3n) is 3.89. The zero-order chi connectivity index (χ0) is 17.6. The summed E-state index contributed by atoms with van der Waals surface area (Å²) in [5.41, 5.74) is 0.824. The predicted octanol–water partition coefficient (Wildman–Crippen LogP) is 3.65. The van der Waals surface area contributed by atoms with Gasteiger partial charge in [-0.05, 0) is 24.3 Å². The minimum Gasteiger partial charge on any atom is -0.273 e. The Morgan fingerprint density at radius 1 is 1.20 bits per heavy atom. The molecule has 0 amide bonds. The molecule has 0 atom stereocenters. The molecule has 4 aromatic rings. The molecule has 0 saturated heterocycles. The number of pyridine rings is 2. The van der Waals surface area contributed by atoms with Crippen LogP contribution in [0.25, 0.3) is 27.5 Å². The van der Waals surface area contributed by atoms with Gasteiger partial charge in [-0.25, -0.2) is 8.78 Å². The van der Waals surface area contributed by atoms with E-state index in [2.05, 4.69) is 10.1 Å². The molecule has 0 aliphatic heterocycles. The van der Waals surface area contributed by atoms with Crippen molar-refractivity contribution in [1.29, 1.82) is 0 Å². The molecular formula is C17H11ClF2N4O. The van der Waals surface area contributed by atoms with Gasteiger partial charge in [0.05, 0.1) is 17.4 Å². The summed E-state index contributed by atoms with van der Waals surface area (Å²) in [5, 5.41) is 5.73. The Labute approximate surface area is 145 Å². The van der Waals surface area contributed by atoms with Gasteiger partial charge in [-0.15, -0.1) is 0 Å². The van der Waals surface area contributed by atoms with Crippen molar-refractivity contribution in [3.63, 3.8) is 0 Å². The van der Waals surface area contributed by atoms with Gasteiger partial charge >= 0.3 is 0 Å². The molecule has 0 aliphatic carbocycles. The fourth-order valence-electron chi connectivity index (χ4n) is 2.89. The quantitative estimate of drug-likeness (QED) is 0.560. The lowest BCUT2D eigenvalue weighted by atomic mass is 10.1. The molecule has 0 saturated carbocycles. The first kappa shape index (κ1) is 15.7. The molecule has 0 fully saturated rings. The Hall–Kier alpha value is -2.80. The highest BCUT2D eigenvalue weighted by Gasteiger charge is 2.17. The zero-order valence-electron chi connectivity index (χ0n) is 12.7. The molecule has 0 bridgehead atoms. The van der Waals surface area contributed by atoms with Crippen molar-refractivity contribution in [2.24, 2.45) is 0 Å². The minimum absolute atomic E-state index is 0.124. The second kappa shape index (κ2) is 5.93. The number of fused-ring (bicyclic) bond motifs is 3. The van der Waals surface area contributed by atoms with Crippen molar-refractivity contribution in [2.45, 2.75) is 13.0 Å². The summed E-state index contributed by atoms with van der Waals surface area (Å²) in [4.78, 5) is 17.0. The smallest absolute Gasteiger partial charge is 0.273 e. The third kappa shape index (κ3) is 2.66. The molecule has 0 spiro atoms. The van der Waals surface area contributed by atoms with Crippen LogP contribution in [0.15, 0.2) is 53.7 Å². The van der Waals surface area contributed by atoms with E-state index >= 15 is 0 Å². The van der Waals surface area contributed by atoms with Crippen LogP contribution in [0.3, 0.4) is 0 Å². The van der Waals surface area contributed by atoms with E-state index < -0.39 is 18.5 Å². The fraction of sp³-hybridized carbons (Fsp3) is 0.118. The molecule has 8 heteroatoms. The second-order valence-electron chi connectivity index (χ2n) is 5.52. The van der Waals surface area contributed by atoms with Crippen LogP contribution in [0.1, 0.15) is 0 Å². The van der Waals surface area contributed by atoms with Crippen LogP contribution in [-0.2, 0) is 6.54 Å². The van der Waals surface area contributed by atoms with Crippen LogP contribution < -0.4 is 5.56 Å². The van der Waals surface area contributed by atoms with Crippen molar-refractivity contribution in [2.75, 3.05) is 0 Å². The largest absolute Gasteiger partial charge is 0.284 e. The molecule has 3 heterocycles. The molecule has 1 aromatic carbocycles. The number of nitrogens with zero attached hydrogens (tertiary/aromatic N) is 4. The maximum atomic E-state index is 13.0. The molecule has 5 nitrogen and oxygen atoms in total. The molecule has 0 radical (unpaired) electrons. The Bertz CT molecular complexity index is 1140. The van der Waals surface area contributed by atoms with Gasteiger partial charge in [-0.1, -0.05) is 17.7 Å². The van der Waals surface area contributed by atoms with Crippen LogP contribution in [0, 0.1) is 0 Å². The molecule has 4 rings (SSSR count). The molecular weight excluding hydrogens is 350 g/mol. The van der Waals surface area contributed by atoms with Crippen molar-refractivity contribution < 1.29 is 8.78 Å². The first-order valence-corrected chi connectivity index (χ1v) is 7.82. The number of benzene rings is 1. The highest BCUT2D eigenvalue weighted by Crippen LogP contribution is 2.27. The van der Waals surface area contributed by atoms with Gasteiger partial charge in [0, 0.05) is 28.2 Å². The molecule has 0 N–H and O–H groups in total. The van der Waals surface area contributed by atoms with Crippen molar-refractivity contribution in [1.82, 2.24) is 19.3 Å². The van der Waals surface area contributed by atoms with Crippen LogP contribution >= 0.6 is 11.6 Å². The second-order valence-corrected chi connectivity index (χ2v) is 5.95. The normalized spacial score (nSPS) is 11.7. The summed E-state index contributed by atoms with van der Waals surface area (Å²) < 4.78 is 27.9. The van der Waals surface area contributed by atoms with Gasteiger partial charge in [-0.3, -0.25) is 19.0 Å². The van der Waals surface area contributed by atoms with Gasteiger partial charge in [-0.2, -0.15) is 5.10 Å². The fourth-order valence-corrected chi connectivity index (χ4v) is 3.05. The monoisotopic (exact) mass is 360 g/mol. The topological polar surface area (TPSA) is 52.7 Å². The van der Waals surface area contributed by atoms with Crippen molar-refractivity contribution in [3.8, 4) is 5.69 Å². The third-order valence-corrected chi connectivity index (χ3v) is 4.12. The molecule has 0 aliphatic rings. The van der Waals surface area contributed by atoms with E-state index in [9.17, 15) is 13.6 Å². The lowest BCUT2D eigenvalue weighted by Crippen LogP contribution is -2.19. The standard InChI is InChI=1S/C17H11ClF2N4O/c18-10-3-4-12-13-8-23(9-15(19)20)22-16(13)17(25)24(14(12)6-10)11-2-1-5-21-7-11/h1-8,15H,9H2. The maximum Gasteiger partial charge on any atom is 0.284 e. The number of hydrogen-bond donors (Lipinski definition) is 0. The summed E-state index contributed by atoms with van der Waals surface area (Å²) in [6, 6.07) is 8.54. The average molecular weight is 361 g/mol. The number of hydrogen-bond acceptors (Lipinski definition) is 3. The van der Waals surface area contributed by atoms with Crippen LogP contribution in [0.4, 0.5) is 8.78 Å². The van der Waals surface area contributed by atoms with E-state index in [0.29, 0.717) is 27.0 Å². The Balaban J connectivity index is 2.14.